The summed E-state index contributed by atoms with van der Waals surface area (Å²) in [6, 6.07) is 5.07. The molecule has 3 unspecified atom stereocenters. The normalized spacial score (nSPS) is 18.4. The molecule has 2 aliphatic rings. The van der Waals surface area contributed by atoms with E-state index in [-0.39, 0.29) is 29.0 Å². The number of rotatable bonds is 14. The minimum Gasteiger partial charge on any atom is -0.450 e. The molecule has 1 aliphatic heterocycles. The summed E-state index contributed by atoms with van der Waals surface area (Å²) in [7, 11) is 0. The first-order chi connectivity index (χ1) is 21.8. The molecule has 1 amide bonds. The zero-order valence-electron chi connectivity index (χ0n) is 25.5. The third-order valence-corrected chi connectivity index (χ3v) is 9.28. The van der Waals surface area contributed by atoms with Gasteiger partial charge in [-0.2, -0.15) is 0 Å². The standard InChI is InChI=1S/C34H39BrN4O6/c1-21(2)32(39-34(44)31-17-24-9-6-10-26(35)33(24)45-31)30(20-43)38-27(15-22-7-4-3-5-8-22)29(19-42)37-25(12-14-40)16-23-11-13-36-28(23)18-41/h6,9-10,12,17,21-23,25,27,32,36-38H,3-5,7-8,11,13,15-16H2,1-2H3,(H,39,44)/t23-,25?,27?,32?/m0/s1. The van der Waals surface area contributed by atoms with Crippen LogP contribution in [0.25, 0.3) is 11.0 Å². The second-order valence-electron chi connectivity index (χ2n) is 12.1. The smallest absolute Gasteiger partial charge is 0.287 e. The van der Waals surface area contributed by atoms with E-state index in [1.165, 1.54) is 6.08 Å². The van der Waals surface area contributed by atoms with Gasteiger partial charge >= 0.3 is 0 Å². The van der Waals surface area contributed by atoms with Gasteiger partial charge in [0, 0.05) is 23.9 Å². The van der Waals surface area contributed by atoms with Gasteiger partial charge in [-0.05, 0) is 59.2 Å². The number of nitrogens with one attached hydrogen (secondary N) is 4. The summed E-state index contributed by atoms with van der Waals surface area (Å²) in [6.07, 6.45) is 8.13. The zero-order chi connectivity index (χ0) is 32.3. The molecule has 11 heteroatoms. The Hall–Kier alpha value is -4.09. The number of halogens is 1. The number of furan rings is 1. The van der Waals surface area contributed by atoms with E-state index in [1.54, 1.807) is 12.0 Å². The molecule has 1 saturated heterocycles. The van der Waals surface area contributed by atoms with Crippen molar-refractivity contribution in [3.05, 3.63) is 57.7 Å². The van der Waals surface area contributed by atoms with Crippen molar-refractivity contribution >= 4 is 56.6 Å². The molecule has 10 nitrogen and oxygen atoms in total. The Kier molecular flexibility index (Phi) is 12.2. The molecule has 2 aromatic rings. The number of hydrogen-bond acceptors (Lipinski definition) is 9. The fourth-order valence-corrected chi connectivity index (χ4v) is 6.75. The average molecular weight is 680 g/mol. The fourth-order valence-electron chi connectivity index (χ4n) is 6.28. The highest BCUT2D eigenvalue weighted by atomic mass is 79.9. The third kappa shape index (κ3) is 8.76. The topological polar surface area (TPSA) is 147 Å². The number of hydrogen-bond donors (Lipinski definition) is 4. The highest BCUT2D eigenvalue weighted by molar-refractivity contribution is 9.10. The summed E-state index contributed by atoms with van der Waals surface area (Å²) in [6.45, 7) is 4.35. The largest absolute Gasteiger partial charge is 0.450 e. The van der Waals surface area contributed by atoms with Crippen molar-refractivity contribution in [2.24, 2.45) is 17.8 Å². The summed E-state index contributed by atoms with van der Waals surface area (Å²) < 4.78 is 6.53. The van der Waals surface area contributed by atoms with Gasteiger partial charge in [0.15, 0.2) is 5.76 Å². The summed E-state index contributed by atoms with van der Waals surface area (Å²) in [5.41, 5.74) is 1.20. The predicted molar refractivity (Wildman–Crippen MR) is 174 cm³/mol. The first-order valence-corrected chi connectivity index (χ1v) is 16.3. The van der Waals surface area contributed by atoms with Gasteiger partial charge in [-0.3, -0.25) is 4.79 Å². The van der Waals surface area contributed by atoms with Gasteiger partial charge in [-0.25, -0.2) is 19.2 Å². The number of allylic oxidation sites excluding steroid dienone is 1. The lowest BCUT2D eigenvalue weighted by molar-refractivity contribution is 0.0906. The Morgan fingerprint density at radius 2 is 1.78 bits per heavy atom. The van der Waals surface area contributed by atoms with Crippen molar-refractivity contribution < 1.29 is 28.4 Å². The molecule has 4 N–H and O–H groups in total. The van der Waals surface area contributed by atoms with E-state index in [0.717, 1.165) is 37.5 Å². The highest BCUT2D eigenvalue weighted by Crippen LogP contribution is 2.30. The Labute approximate surface area is 271 Å². The summed E-state index contributed by atoms with van der Waals surface area (Å²) in [4.78, 5) is 61.1. The molecule has 1 aromatic carbocycles. The van der Waals surface area contributed by atoms with Crippen LogP contribution in [-0.4, -0.2) is 54.3 Å². The second kappa shape index (κ2) is 16.3. The minimum absolute atomic E-state index is 0.0830. The second-order valence-corrected chi connectivity index (χ2v) is 13.0. The SMILES string of the molecule is CC(C)C(NC(=O)c1cc2cccc(Br)c2o1)C(=C=O)NC(CC1CCCCC1)C(=C=O)NC(C=C=O)C[C@@H]1CCNC1=C=O. The van der Waals surface area contributed by atoms with Crippen LogP contribution < -0.4 is 21.3 Å². The average Bonchev–Trinajstić information content (AvgIpc) is 3.69. The van der Waals surface area contributed by atoms with Crippen molar-refractivity contribution in [1.29, 1.82) is 0 Å². The highest BCUT2D eigenvalue weighted by Gasteiger charge is 2.31. The number of amides is 1. The molecule has 4 atom stereocenters. The molecule has 2 fully saturated rings. The van der Waals surface area contributed by atoms with Crippen LogP contribution in [0.3, 0.4) is 0 Å². The van der Waals surface area contributed by atoms with Crippen molar-refractivity contribution in [2.45, 2.75) is 83.3 Å². The van der Waals surface area contributed by atoms with Crippen LogP contribution in [0.1, 0.15) is 75.8 Å². The minimum atomic E-state index is -0.774. The fraction of sp³-hybridized carbons (Fsp3) is 0.500. The van der Waals surface area contributed by atoms with Crippen molar-refractivity contribution in [3.8, 4) is 0 Å². The lowest BCUT2D eigenvalue weighted by atomic mass is 9.84. The van der Waals surface area contributed by atoms with E-state index in [9.17, 15) is 24.0 Å². The number of carbonyl (C=O) groups is 1. The molecule has 1 saturated carbocycles. The predicted octanol–water partition coefficient (Wildman–Crippen LogP) is 4.37. The van der Waals surface area contributed by atoms with E-state index in [0.29, 0.717) is 47.5 Å². The van der Waals surface area contributed by atoms with Gasteiger partial charge in [0.1, 0.15) is 40.7 Å². The summed E-state index contributed by atoms with van der Waals surface area (Å²) in [5, 5.41) is 13.0. The molecule has 0 spiro atoms. The van der Waals surface area contributed by atoms with Crippen LogP contribution in [0, 0.1) is 17.8 Å². The maximum absolute atomic E-state index is 13.3. The molecule has 4 rings (SSSR count). The molecule has 1 aromatic heterocycles. The monoisotopic (exact) mass is 678 g/mol. The summed E-state index contributed by atoms with van der Waals surface area (Å²) in [5.74, 6) is 7.22. The third-order valence-electron chi connectivity index (χ3n) is 8.65. The van der Waals surface area contributed by atoms with Gasteiger partial charge in [-0.15, -0.1) is 0 Å². The molecule has 45 heavy (non-hydrogen) atoms. The van der Waals surface area contributed by atoms with Gasteiger partial charge in [-0.1, -0.05) is 58.1 Å². The van der Waals surface area contributed by atoms with Crippen molar-refractivity contribution in [3.63, 3.8) is 0 Å². The van der Waals surface area contributed by atoms with E-state index < -0.39 is 24.0 Å². The van der Waals surface area contributed by atoms with Crippen LogP contribution in [0.4, 0.5) is 0 Å². The first kappa shape index (κ1) is 33.8. The molecule has 0 bridgehead atoms. The molecule has 0 radical (unpaired) electrons. The number of para-hydroxylation sites is 1. The Balaban J connectivity index is 1.57. The van der Waals surface area contributed by atoms with E-state index >= 15 is 0 Å². The molecular weight excluding hydrogens is 640 g/mol. The molecule has 1 aliphatic carbocycles. The lowest BCUT2D eigenvalue weighted by Crippen LogP contribution is -2.49. The maximum Gasteiger partial charge on any atom is 0.287 e. The zero-order valence-corrected chi connectivity index (χ0v) is 27.1. The van der Waals surface area contributed by atoms with Crippen molar-refractivity contribution in [1.82, 2.24) is 21.3 Å². The Morgan fingerprint density at radius 3 is 2.42 bits per heavy atom. The van der Waals surface area contributed by atoms with E-state index in [2.05, 4.69) is 37.2 Å². The van der Waals surface area contributed by atoms with Gasteiger partial charge in [0.2, 0.25) is 0 Å². The number of fused-ring (bicyclic) bond motifs is 1. The Morgan fingerprint density at radius 1 is 1.02 bits per heavy atom. The summed E-state index contributed by atoms with van der Waals surface area (Å²) >= 11 is 3.44. The number of benzene rings is 1. The molecule has 2 heterocycles. The van der Waals surface area contributed by atoms with Gasteiger partial charge in [0.25, 0.3) is 5.91 Å². The van der Waals surface area contributed by atoms with Gasteiger partial charge < -0.3 is 25.7 Å². The molecular formula is C34H39BrN4O6. The maximum atomic E-state index is 13.3. The van der Waals surface area contributed by atoms with Crippen LogP contribution in [0.15, 0.2) is 56.3 Å². The van der Waals surface area contributed by atoms with Crippen LogP contribution in [0.5, 0.6) is 0 Å². The quantitative estimate of drug-likeness (QED) is 0.214. The first-order valence-electron chi connectivity index (χ1n) is 15.5. The van der Waals surface area contributed by atoms with E-state index in [4.69, 9.17) is 4.42 Å². The lowest BCUT2D eigenvalue weighted by Gasteiger charge is -2.32. The molecule has 238 valence electrons. The van der Waals surface area contributed by atoms with Crippen molar-refractivity contribution in [2.75, 3.05) is 6.54 Å². The van der Waals surface area contributed by atoms with Crippen LogP contribution >= 0.6 is 15.9 Å². The van der Waals surface area contributed by atoms with Crippen LogP contribution in [-0.2, 0) is 19.2 Å². The van der Waals surface area contributed by atoms with Crippen LogP contribution in [0.2, 0.25) is 0 Å². The number of carbonyl (C=O) groups excluding carboxylic acids is 5. The Bertz CT molecular complexity index is 1570. The van der Waals surface area contributed by atoms with E-state index in [1.807, 2.05) is 49.9 Å². The van der Waals surface area contributed by atoms with Gasteiger partial charge in [0.05, 0.1) is 28.3 Å².